The first-order valence-electron chi connectivity index (χ1n) is 10.3. The molecule has 0 fully saturated rings. The molecule has 1 nitrogen and oxygen atoms in total. The summed E-state index contributed by atoms with van der Waals surface area (Å²) in [7, 11) is 0. The Bertz CT molecular complexity index is 691. The molecule has 0 aliphatic heterocycles. The first-order chi connectivity index (χ1) is 12.7. The van der Waals surface area contributed by atoms with Crippen molar-refractivity contribution in [2.45, 2.75) is 72.6 Å². The molecule has 0 spiro atoms. The van der Waals surface area contributed by atoms with Crippen molar-refractivity contribution in [1.29, 1.82) is 0 Å². The number of unbranched alkanes of at least 4 members (excludes halogenated alkanes) is 3. The van der Waals surface area contributed by atoms with Gasteiger partial charge in [0.25, 0.3) is 0 Å². The molecule has 1 heterocycles. The molecule has 1 aromatic carbocycles. The summed E-state index contributed by atoms with van der Waals surface area (Å²) >= 11 is -0.258. The molecule has 3 heteroatoms. The third kappa shape index (κ3) is 5.60. The number of nitrogens with zero attached hydrogens (tertiary/aromatic N) is 1. The second-order valence-electron chi connectivity index (χ2n) is 7.42. The molecule has 0 aliphatic carbocycles. The molecule has 0 bridgehead atoms. The summed E-state index contributed by atoms with van der Waals surface area (Å²) in [6, 6.07) is 12.9. The van der Waals surface area contributed by atoms with Gasteiger partial charge in [-0.15, -0.1) is 0 Å². The van der Waals surface area contributed by atoms with E-state index in [0.29, 0.717) is 0 Å². The summed E-state index contributed by atoms with van der Waals surface area (Å²) in [5.74, 6) is 0. The van der Waals surface area contributed by atoms with Crippen LogP contribution in [0.4, 0.5) is 5.69 Å². The van der Waals surface area contributed by atoms with Crippen molar-refractivity contribution >= 4 is 38.3 Å². The van der Waals surface area contributed by atoms with Gasteiger partial charge < -0.3 is 0 Å². The first-order valence-corrected chi connectivity index (χ1v) is 18.6. The number of hydrogen-bond acceptors (Lipinski definition) is 1. The standard InChI is InChI=1S/C11H6NS.3C4H9.Sn/c1-12-10-5-2-4-9(8-10)11-6-3-7-13-11;3*1-3-4-2;/h2-6,8H;3*1,3-4H2,2H3;. The number of hydrogen-bond donors (Lipinski definition) is 0. The van der Waals surface area contributed by atoms with Crippen molar-refractivity contribution in [3.8, 4) is 10.4 Å². The van der Waals surface area contributed by atoms with Crippen molar-refractivity contribution in [1.82, 2.24) is 0 Å². The zero-order chi connectivity index (χ0) is 18.8. The summed E-state index contributed by atoms with van der Waals surface area (Å²) in [6.45, 7) is 14.3. The second-order valence-corrected chi connectivity index (χ2v) is 22.7. The molecule has 0 amide bonds. The van der Waals surface area contributed by atoms with Crippen LogP contribution in [-0.2, 0) is 0 Å². The zero-order valence-electron chi connectivity index (χ0n) is 16.7. The Balaban J connectivity index is 2.37. The average Bonchev–Trinajstić information content (AvgIpc) is 3.18. The Morgan fingerprint density at radius 2 is 1.50 bits per heavy atom. The van der Waals surface area contributed by atoms with Crippen LogP contribution in [0.25, 0.3) is 15.3 Å². The Morgan fingerprint density at radius 3 is 2.04 bits per heavy atom. The molecule has 0 saturated carbocycles. The van der Waals surface area contributed by atoms with Gasteiger partial charge in [-0.1, -0.05) is 0 Å². The van der Waals surface area contributed by atoms with E-state index in [0.717, 1.165) is 5.69 Å². The molecule has 0 unspecified atom stereocenters. The van der Waals surface area contributed by atoms with E-state index >= 15 is 0 Å². The second kappa shape index (κ2) is 11.1. The maximum absolute atomic E-state index is 7.27. The van der Waals surface area contributed by atoms with Crippen LogP contribution < -0.4 is 2.89 Å². The Labute approximate surface area is 168 Å². The zero-order valence-corrected chi connectivity index (χ0v) is 20.4. The van der Waals surface area contributed by atoms with Gasteiger partial charge in [0.1, 0.15) is 0 Å². The van der Waals surface area contributed by atoms with Gasteiger partial charge in [-0.3, -0.25) is 0 Å². The molecular formula is C23H33NSSn. The van der Waals surface area contributed by atoms with Crippen LogP contribution in [0.15, 0.2) is 36.4 Å². The Hall–Kier alpha value is -0.791. The van der Waals surface area contributed by atoms with E-state index in [1.54, 1.807) is 2.89 Å². The van der Waals surface area contributed by atoms with Gasteiger partial charge in [0.15, 0.2) is 0 Å². The molecule has 2 aromatic rings. The molecule has 1 aromatic heterocycles. The van der Waals surface area contributed by atoms with Crippen LogP contribution in [0.2, 0.25) is 13.3 Å². The van der Waals surface area contributed by atoms with E-state index in [2.05, 4.69) is 55.2 Å². The minimum atomic E-state index is -2.31. The summed E-state index contributed by atoms with van der Waals surface area (Å²) in [5.41, 5.74) is 1.96. The summed E-state index contributed by atoms with van der Waals surface area (Å²) < 4.78 is 6.34. The molecule has 0 N–H and O–H groups in total. The summed E-state index contributed by atoms with van der Waals surface area (Å²) in [4.78, 5) is 4.96. The molecule has 2 rings (SSSR count). The van der Waals surface area contributed by atoms with Gasteiger partial charge >= 0.3 is 169 Å². The van der Waals surface area contributed by atoms with E-state index < -0.39 is 18.4 Å². The van der Waals surface area contributed by atoms with Gasteiger partial charge in [-0.25, -0.2) is 0 Å². The van der Waals surface area contributed by atoms with Crippen molar-refractivity contribution in [3.63, 3.8) is 0 Å². The van der Waals surface area contributed by atoms with Gasteiger partial charge in [0.2, 0.25) is 0 Å². The van der Waals surface area contributed by atoms with Crippen molar-refractivity contribution in [3.05, 3.63) is 47.8 Å². The van der Waals surface area contributed by atoms with E-state index in [1.165, 1.54) is 62.3 Å². The SMILES string of the molecule is [C-]#[N+]c1cccc(-c2cc[c]([Sn]([CH2]CCC)([CH2]CCC)[CH2]CCC)s2)c1. The van der Waals surface area contributed by atoms with Crippen molar-refractivity contribution in [2.24, 2.45) is 0 Å². The van der Waals surface area contributed by atoms with Gasteiger partial charge in [0, 0.05) is 0 Å². The summed E-state index contributed by atoms with van der Waals surface area (Å²) in [5, 5.41) is 0. The topological polar surface area (TPSA) is 4.36 Å². The van der Waals surface area contributed by atoms with Crippen LogP contribution in [0, 0.1) is 6.57 Å². The van der Waals surface area contributed by atoms with Crippen molar-refractivity contribution < 1.29 is 0 Å². The molecule has 0 saturated heterocycles. The quantitative estimate of drug-likeness (QED) is 0.230. The van der Waals surface area contributed by atoms with Crippen molar-refractivity contribution in [2.75, 3.05) is 0 Å². The van der Waals surface area contributed by atoms with Gasteiger partial charge in [-0.2, -0.15) is 0 Å². The van der Waals surface area contributed by atoms with Crippen LogP contribution in [0.3, 0.4) is 0 Å². The normalized spacial score (nSPS) is 11.5. The van der Waals surface area contributed by atoms with Crippen LogP contribution >= 0.6 is 11.3 Å². The Kier molecular flexibility index (Phi) is 9.22. The number of benzene rings is 1. The maximum atomic E-state index is 7.27. The fourth-order valence-electron chi connectivity index (χ4n) is 3.80. The van der Waals surface area contributed by atoms with E-state index in [4.69, 9.17) is 6.57 Å². The minimum absolute atomic E-state index is 0.746. The molecule has 140 valence electrons. The fraction of sp³-hybridized carbons (Fsp3) is 0.522. The Morgan fingerprint density at radius 1 is 0.885 bits per heavy atom. The molecule has 26 heavy (non-hydrogen) atoms. The van der Waals surface area contributed by atoms with E-state index in [1.807, 2.05) is 18.2 Å². The van der Waals surface area contributed by atoms with Crippen LogP contribution in [0.5, 0.6) is 0 Å². The monoisotopic (exact) mass is 475 g/mol. The molecule has 0 aliphatic rings. The number of thiophene rings is 1. The van der Waals surface area contributed by atoms with Gasteiger partial charge in [-0.05, 0) is 0 Å². The van der Waals surface area contributed by atoms with Crippen LogP contribution in [0.1, 0.15) is 59.3 Å². The third-order valence-corrected chi connectivity index (χ3v) is 24.8. The molecular weight excluding hydrogens is 441 g/mol. The average molecular weight is 474 g/mol. The number of rotatable bonds is 11. The third-order valence-electron chi connectivity index (χ3n) is 5.42. The molecule has 0 radical (unpaired) electrons. The predicted molar refractivity (Wildman–Crippen MR) is 121 cm³/mol. The van der Waals surface area contributed by atoms with E-state index in [-0.39, 0.29) is 0 Å². The van der Waals surface area contributed by atoms with Crippen LogP contribution in [-0.4, -0.2) is 18.4 Å². The first kappa shape index (κ1) is 21.5. The fourth-order valence-corrected chi connectivity index (χ4v) is 23.9. The predicted octanol–water partition coefficient (Wildman–Crippen LogP) is 8.02. The summed E-state index contributed by atoms with van der Waals surface area (Å²) in [6.07, 6.45) is 8.18. The molecule has 0 atom stereocenters. The van der Waals surface area contributed by atoms with E-state index in [9.17, 15) is 0 Å². The van der Waals surface area contributed by atoms with Gasteiger partial charge in [0.05, 0.1) is 0 Å².